The van der Waals surface area contributed by atoms with E-state index in [2.05, 4.69) is 5.10 Å². The smallest absolute Gasteiger partial charge is 0.247 e. The zero-order chi connectivity index (χ0) is 18.7. The lowest BCUT2D eigenvalue weighted by Crippen LogP contribution is -2.24. The molecule has 7 nitrogen and oxygen atoms in total. The van der Waals surface area contributed by atoms with Crippen molar-refractivity contribution in [1.82, 2.24) is 5.01 Å². The fourth-order valence-corrected chi connectivity index (χ4v) is 2.82. The van der Waals surface area contributed by atoms with Gasteiger partial charge in [0, 0.05) is 12.0 Å². The van der Waals surface area contributed by atoms with Crippen molar-refractivity contribution in [3.05, 3.63) is 47.6 Å². The van der Waals surface area contributed by atoms with Gasteiger partial charge in [0.05, 0.1) is 44.3 Å². The number of carbonyl (C=O) groups is 1. The number of rotatable bonds is 5. The molecule has 0 atom stereocenters. The van der Waals surface area contributed by atoms with Crippen molar-refractivity contribution in [1.29, 1.82) is 10.8 Å². The van der Waals surface area contributed by atoms with E-state index >= 15 is 0 Å². The Bertz CT molecular complexity index is 874. The highest BCUT2D eigenvalue weighted by Gasteiger charge is 2.23. The predicted octanol–water partition coefficient (Wildman–Crippen LogP) is 2.68. The van der Waals surface area contributed by atoms with Crippen LogP contribution in [-0.4, -0.2) is 48.8 Å². The van der Waals surface area contributed by atoms with E-state index in [9.17, 15) is 4.79 Å². The van der Waals surface area contributed by atoms with Gasteiger partial charge in [-0.15, -0.1) is 0 Å². The summed E-state index contributed by atoms with van der Waals surface area (Å²) in [6.07, 6.45) is 5.61. The normalized spacial score (nSPS) is 15.9. The van der Waals surface area contributed by atoms with Gasteiger partial charge in [-0.1, -0.05) is 6.08 Å². The molecule has 0 aromatic heterocycles. The number of allylic oxidation sites excluding steroid dienone is 3. The second kappa shape index (κ2) is 8.68. The van der Waals surface area contributed by atoms with Crippen molar-refractivity contribution in [3.63, 3.8) is 0 Å². The Morgan fingerprint density at radius 1 is 1.15 bits per heavy atom. The number of nitrogens with one attached hydrogen (secondary N) is 2. The first kappa shape index (κ1) is 20.4. The fourth-order valence-electron chi connectivity index (χ4n) is 2.82. The SMILES string of the molecule is COc1ccc(C2=NN(C(=O)CC3=CC(=N)C(=N)C=C3)CC2)cc1OC.S. The number of benzene rings is 1. The molecule has 0 saturated carbocycles. The standard InChI is InChI=1S/C19H20N4O3.H2S/c1-25-17-6-4-13(11-18(17)26-2)16-7-8-23(22-16)19(24)10-12-3-5-14(20)15(21)9-12;/h3-6,9,11,20-21H,7-8,10H2,1-2H3;1H2. The average molecular weight is 386 g/mol. The second-order valence-corrected chi connectivity index (χ2v) is 5.94. The molecule has 0 saturated heterocycles. The molecular formula is C19H22N4O3S. The van der Waals surface area contributed by atoms with E-state index < -0.39 is 0 Å². The summed E-state index contributed by atoms with van der Waals surface area (Å²) in [5.41, 5.74) is 2.69. The van der Waals surface area contributed by atoms with Crippen molar-refractivity contribution in [3.8, 4) is 11.5 Å². The summed E-state index contributed by atoms with van der Waals surface area (Å²) in [7, 11) is 3.16. The van der Waals surface area contributed by atoms with Crippen molar-refractivity contribution < 1.29 is 14.3 Å². The maximum atomic E-state index is 12.5. The third kappa shape index (κ3) is 4.46. The Kier molecular flexibility index (Phi) is 6.57. The molecule has 2 N–H and O–H groups in total. The zero-order valence-electron chi connectivity index (χ0n) is 15.2. The third-order valence-electron chi connectivity index (χ3n) is 4.25. The van der Waals surface area contributed by atoms with Gasteiger partial charge in [0.2, 0.25) is 5.91 Å². The minimum atomic E-state index is -0.127. The summed E-state index contributed by atoms with van der Waals surface area (Å²) in [4.78, 5) is 12.5. The van der Waals surface area contributed by atoms with Crippen LogP contribution in [0.15, 0.2) is 47.1 Å². The highest BCUT2D eigenvalue weighted by molar-refractivity contribution is 7.59. The van der Waals surface area contributed by atoms with Gasteiger partial charge in [0.25, 0.3) is 0 Å². The lowest BCUT2D eigenvalue weighted by atomic mass is 10.0. The molecule has 1 aliphatic carbocycles. The van der Waals surface area contributed by atoms with Gasteiger partial charge >= 0.3 is 0 Å². The molecule has 1 aliphatic heterocycles. The maximum absolute atomic E-state index is 12.5. The molecule has 2 aliphatic rings. The molecule has 1 heterocycles. The molecule has 0 radical (unpaired) electrons. The number of hydrazone groups is 1. The molecule has 0 spiro atoms. The van der Waals surface area contributed by atoms with E-state index in [0.29, 0.717) is 30.0 Å². The fraction of sp³-hybridized carbons (Fsp3) is 0.263. The van der Waals surface area contributed by atoms with Gasteiger partial charge in [-0.25, -0.2) is 5.01 Å². The Labute approximate surface area is 164 Å². The minimum Gasteiger partial charge on any atom is -0.493 e. The van der Waals surface area contributed by atoms with Crippen molar-refractivity contribution >= 4 is 36.5 Å². The van der Waals surface area contributed by atoms with E-state index in [1.807, 2.05) is 18.2 Å². The van der Waals surface area contributed by atoms with E-state index in [4.69, 9.17) is 20.3 Å². The largest absolute Gasteiger partial charge is 0.493 e. The summed E-state index contributed by atoms with van der Waals surface area (Å²) in [6.45, 7) is 0.521. The summed E-state index contributed by atoms with van der Waals surface area (Å²) in [6, 6.07) is 5.57. The van der Waals surface area contributed by atoms with Crippen molar-refractivity contribution in [2.45, 2.75) is 12.8 Å². The molecule has 0 fully saturated rings. The number of hydrogen-bond acceptors (Lipinski definition) is 6. The minimum absolute atomic E-state index is 0. The van der Waals surface area contributed by atoms with Crippen LogP contribution in [0.3, 0.4) is 0 Å². The molecule has 0 bridgehead atoms. The van der Waals surface area contributed by atoms with E-state index in [1.54, 1.807) is 26.4 Å². The molecule has 3 rings (SSSR count). The van der Waals surface area contributed by atoms with Crippen LogP contribution in [0.4, 0.5) is 0 Å². The lowest BCUT2D eigenvalue weighted by Gasteiger charge is -2.13. The first-order valence-corrected chi connectivity index (χ1v) is 8.18. The van der Waals surface area contributed by atoms with Crippen LogP contribution < -0.4 is 9.47 Å². The summed E-state index contributed by atoms with van der Waals surface area (Å²) < 4.78 is 10.6. The predicted molar refractivity (Wildman–Crippen MR) is 110 cm³/mol. The quantitative estimate of drug-likeness (QED) is 0.761. The van der Waals surface area contributed by atoms with Crippen molar-refractivity contribution in [2.24, 2.45) is 5.10 Å². The van der Waals surface area contributed by atoms with Gasteiger partial charge in [0.15, 0.2) is 11.5 Å². The topological polar surface area (TPSA) is 98.8 Å². The van der Waals surface area contributed by atoms with Gasteiger partial charge < -0.3 is 9.47 Å². The summed E-state index contributed by atoms with van der Waals surface area (Å²) in [5.74, 6) is 1.14. The van der Waals surface area contributed by atoms with Crippen LogP contribution in [-0.2, 0) is 4.79 Å². The number of hydrogen-bond donors (Lipinski definition) is 2. The molecule has 1 amide bonds. The van der Waals surface area contributed by atoms with Gasteiger partial charge in [-0.3, -0.25) is 15.6 Å². The Morgan fingerprint density at radius 3 is 2.56 bits per heavy atom. The number of nitrogens with zero attached hydrogens (tertiary/aromatic N) is 2. The van der Waals surface area contributed by atoms with E-state index in [-0.39, 0.29) is 37.2 Å². The Balaban J connectivity index is 0.00000261. The average Bonchev–Trinajstić information content (AvgIpc) is 3.14. The Hall–Kier alpha value is -2.87. The van der Waals surface area contributed by atoms with E-state index in [1.165, 1.54) is 11.1 Å². The first-order valence-electron chi connectivity index (χ1n) is 8.18. The van der Waals surface area contributed by atoms with Crippen LogP contribution in [0, 0.1) is 10.8 Å². The van der Waals surface area contributed by atoms with Crippen LogP contribution >= 0.6 is 13.5 Å². The summed E-state index contributed by atoms with van der Waals surface area (Å²) in [5, 5.41) is 21.1. The maximum Gasteiger partial charge on any atom is 0.247 e. The lowest BCUT2D eigenvalue weighted by molar-refractivity contribution is -0.129. The van der Waals surface area contributed by atoms with E-state index in [0.717, 1.165) is 11.3 Å². The molecular weight excluding hydrogens is 364 g/mol. The van der Waals surface area contributed by atoms with Gasteiger partial charge in [-0.2, -0.15) is 18.6 Å². The van der Waals surface area contributed by atoms with Crippen LogP contribution in [0.25, 0.3) is 0 Å². The molecule has 142 valence electrons. The molecule has 8 heteroatoms. The highest BCUT2D eigenvalue weighted by Crippen LogP contribution is 2.29. The number of carbonyl (C=O) groups excluding carboxylic acids is 1. The Morgan fingerprint density at radius 2 is 1.89 bits per heavy atom. The third-order valence-corrected chi connectivity index (χ3v) is 4.25. The summed E-state index contributed by atoms with van der Waals surface area (Å²) >= 11 is 0. The second-order valence-electron chi connectivity index (χ2n) is 5.94. The van der Waals surface area contributed by atoms with Crippen molar-refractivity contribution in [2.75, 3.05) is 20.8 Å². The van der Waals surface area contributed by atoms with Crippen LogP contribution in [0.2, 0.25) is 0 Å². The highest BCUT2D eigenvalue weighted by atomic mass is 32.1. The number of ether oxygens (including phenoxy) is 2. The van der Waals surface area contributed by atoms with Gasteiger partial charge in [0.1, 0.15) is 0 Å². The zero-order valence-corrected chi connectivity index (χ0v) is 16.2. The molecule has 27 heavy (non-hydrogen) atoms. The first-order chi connectivity index (χ1) is 12.5. The number of methoxy groups -OCH3 is 2. The molecule has 1 aromatic rings. The van der Waals surface area contributed by atoms with Crippen LogP contribution in [0.1, 0.15) is 18.4 Å². The molecule has 0 unspecified atom stereocenters. The number of amides is 1. The molecule has 1 aromatic carbocycles. The monoisotopic (exact) mass is 386 g/mol. The van der Waals surface area contributed by atoms with Crippen LogP contribution in [0.5, 0.6) is 11.5 Å². The van der Waals surface area contributed by atoms with Gasteiger partial charge in [-0.05, 0) is 35.9 Å².